The summed E-state index contributed by atoms with van der Waals surface area (Å²) in [5.74, 6) is 0.677. The number of nitriles is 1. The Hall–Kier alpha value is -2.13. The van der Waals surface area contributed by atoms with E-state index in [-0.39, 0.29) is 6.17 Å². The van der Waals surface area contributed by atoms with E-state index in [2.05, 4.69) is 28.2 Å². The van der Waals surface area contributed by atoms with Crippen LogP contribution in [0.2, 0.25) is 0 Å². The highest BCUT2D eigenvalue weighted by molar-refractivity contribution is 5.72. The van der Waals surface area contributed by atoms with Gasteiger partial charge in [-0.2, -0.15) is 5.26 Å². The van der Waals surface area contributed by atoms with Crippen LogP contribution in [0.15, 0.2) is 12.3 Å². The Kier molecular flexibility index (Phi) is 5.34. The Balaban J connectivity index is 2.33. The smallest absolute Gasteiger partial charge is 0.152 e. The Morgan fingerprint density at radius 3 is 2.82 bits per heavy atom. The molecule has 1 aliphatic rings. The highest BCUT2D eigenvalue weighted by Crippen LogP contribution is 2.24. The second-order valence-corrected chi connectivity index (χ2v) is 5.62. The van der Waals surface area contributed by atoms with Crippen LogP contribution in [0.25, 0.3) is 5.57 Å². The molecule has 0 aromatic carbocycles. The zero-order valence-corrected chi connectivity index (χ0v) is 13.5. The van der Waals surface area contributed by atoms with E-state index in [9.17, 15) is 5.26 Å². The van der Waals surface area contributed by atoms with Gasteiger partial charge in [0.05, 0.1) is 17.6 Å². The van der Waals surface area contributed by atoms with Crippen LogP contribution >= 0.6 is 0 Å². The minimum Gasteiger partial charge on any atom is -0.339 e. The summed E-state index contributed by atoms with van der Waals surface area (Å²) in [5.41, 5.74) is 1.45. The lowest BCUT2D eigenvalue weighted by molar-refractivity contribution is 0.166. The lowest BCUT2D eigenvalue weighted by atomic mass is 10.0. The van der Waals surface area contributed by atoms with Gasteiger partial charge in [-0.15, -0.1) is 0 Å². The first-order chi connectivity index (χ1) is 10.6. The van der Waals surface area contributed by atoms with Gasteiger partial charge >= 0.3 is 0 Å². The van der Waals surface area contributed by atoms with Gasteiger partial charge in [0.25, 0.3) is 0 Å². The third-order valence-corrected chi connectivity index (χ3v) is 4.22. The zero-order valence-electron chi connectivity index (χ0n) is 13.5. The fourth-order valence-corrected chi connectivity index (χ4v) is 3.01. The van der Waals surface area contributed by atoms with E-state index in [4.69, 9.17) is 5.41 Å². The largest absolute Gasteiger partial charge is 0.339 e. The van der Waals surface area contributed by atoms with Crippen molar-refractivity contribution in [2.45, 2.75) is 45.8 Å². The molecular weight excluding hydrogens is 276 g/mol. The molecule has 2 heterocycles. The minimum absolute atomic E-state index is 0.0416. The monoisotopic (exact) mass is 300 g/mol. The molecule has 22 heavy (non-hydrogen) atoms. The number of nitrogens with one attached hydrogen (secondary N) is 2. The molecule has 118 valence electrons. The van der Waals surface area contributed by atoms with Crippen molar-refractivity contribution >= 4 is 11.9 Å². The number of imidazole rings is 1. The fourth-order valence-electron chi connectivity index (χ4n) is 3.01. The van der Waals surface area contributed by atoms with Gasteiger partial charge < -0.3 is 14.8 Å². The van der Waals surface area contributed by atoms with Gasteiger partial charge in [0.2, 0.25) is 0 Å². The summed E-state index contributed by atoms with van der Waals surface area (Å²) in [6, 6.07) is 2.55. The number of nitrogens with zero attached hydrogens (tertiary/aromatic N) is 4. The Bertz CT molecular complexity index is 588. The number of hydrogen-bond acceptors (Lipinski definition) is 4. The molecule has 1 aromatic rings. The van der Waals surface area contributed by atoms with Gasteiger partial charge in [-0.1, -0.05) is 6.08 Å². The van der Waals surface area contributed by atoms with Crippen molar-refractivity contribution in [1.82, 2.24) is 19.8 Å². The second kappa shape index (κ2) is 7.23. The van der Waals surface area contributed by atoms with Gasteiger partial charge in [-0.3, -0.25) is 5.41 Å². The number of rotatable bonds is 5. The van der Waals surface area contributed by atoms with Crippen LogP contribution in [0.1, 0.15) is 44.4 Å². The van der Waals surface area contributed by atoms with Crippen LogP contribution < -0.4 is 5.32 Å². The predicted octanol–water partition coefficient (Wildman–Crippen LogP) is 2.30. The van der Waals surface area contributed by atoms with Crippen molar-refractivity contribution in [1.29, 1.82) is 10.7 Å². The van der Waals surface area contributed by atoms with Crippen molar-refractivity contribution in [3.05, 3.63) is 23.8 Å². The maximum Gasteiger partial charge on any atom is 0.152 e. The summed E-state index contributed by atoms with van der Waals surface area (Å²) in [4.78, 5) is 6.56. The van der Waals surface area contributed by atoms with Crippen molar-refractivity contribution < 1.29 is 0 Å². The summed E-state index contributed by atoms with van der Waals surface area (Å²) < 4.78 is 2.00. The molecule has 1 unspecified atom stereocenters. The fraction of sp³-hybridized carbons (Fsp3) is 0.562. The lowest BCUT2D eigenvalue weighted by Crippen LogP contribution is -2.44. The summed E-state index contributed by atoms with van der Waals surface area (Å²) >= 11 is 0. The number of aromatic nitrogens is 2. The standard InChI is InChI=1S/C16H24N6/c1-4-14(9-17)16-20-12(2)10-21(16)13(3)22(11-18)15-5-7-19-8-6-15/h4,10-11,13,15,18-19H,5-8H2,1-3H3/b14-4-,18-11?. The zero-order chi connectivity index (χ0) is 16.1. The average Bonchev–Trinajstić information content (AvgIpc) is 2.92. The molecule has 0 saturated carbocycles. The number of allylic oxidation sites excluding steroid dienone is 2. The summed E-state index contributed by atoms with van der Waals surface area (Å²) in [6.07, 6.45) is 7.17. The molecule has 0 spiro atoms. The molecule has 0 bridgehead atoms. The third-order valence-electron chi connectivity index (χ3n) is 4.22. The topological polar surface area (TPSA) is 80.7 Å². The Morgan fingerprint density at radius 1 is 1.59 bits per heavy atom. The lowest BCUT2D eigenvalue weighted by Gasteiger charge is -2.38. The van der Waals surface area contributed by atoms with Gasteiger partial charge in [-0.05, 0) is 46.7 Å². The van der Waals surface area contributed by atoms with E-state index in [0.717, 1.165) is 31.6 Å². The van der Waals surface area contributed by atoms with Crippen LogP contribution in [0.5, 0.6) is 0 Å². The molecule has 6 heteroatoms. The van der Waals surface area contributed by atoms with Crippen LogP contribution in [0, 0.1) is 23.7 Å². The van der Waals surface area contributed by atoms with Crippen molar-refractivity contribution in [2.24, 2.45) is 0 Å². The molecule has 1 fully saturated rings. The highest BCUT2D eigenvalue weighted by Gasteiger charge is 2.25. The van der Waals surface area contributed by atoms with E-state index in [1.807, 2.05) is 24.6 Å². The molecular formula is C16H24N6. The molecule has 2 N–H and O–H groups in total. The van der Waals surface area contributed by atoms with Crippen molar-refractivity contribution in [3.8, 4) is 6.07 Å². The van der Waals surface area contributed by atoms with E-state index in [0.29, 0.717) is 17.4 Å². The first-order valence-corrected chi connectivity index (χ1v) is 7.73. The maximum absolute atomic E-state index is 9.30. The van der Waals surface area contributed by atoms with Gasteiger partial charge in [0, 0.05) is 12.2 Å². The molecule has 1 aromatic heterocycles. The molecule has 6 nitrogen and oxygen atoms in total. The van der Waals surface area contributed by atoms with Crippen molar-refractivity contribution in [2.75, 3.05) is 13.1 Å². The SMILES string of the molecule is C/C=C(/C#N)c1nc(C)cn1C(C)N(C=N)C1CCNCC1. The highest BCUT2D eigenvalue weighted by atomic mass is 15.3. The average molecular weight is 300 g/mol. The molecule has 1 aliphatic heterocycles. The van der Waals surface area contributed by atoms with Gasteiger partial charge in [-0.25, -0.2) is 4.98 Å². The first-order valence-electron chi connectivity index (χ1n) is 7.73. The number of piperidine rings is 1. The van der Waals surface area contributed by atoms with Crippen LogP contribution in [-0.4, -0.2) is 39.9 Å². The van der Waals surface area contributed by atoms with Crippen LogP contribution in [0.3, 0.4) is 0 Å². The molecule has 1 atom stereocenters. The van der Waals surface area contributed by atoms with Gasteiger partial charge in [0.1, 0.15) is 12.2 Å². The summed E-state index contributed by atoms with van der Waals surface area (Å²) in [6.45, 7) is 7.80. The molecule has 0 radical (unpaired) electrons. The third kappa shape index (κ3) is 3.20. The predicted molar refractivity (Wildman–Crippen MR) is 87.5 cm³/mol. The van der Waals surface area contributed by atoms with Crippen LogP contribution in [-0.2, 0) is 0 Å². The van der Waals surface area contributed by atoms with Crippen molar-refractivity contribution in [3.63, 3.8) is 0 Å². The summed E-state index contributed by atoms with van der Waals surface area (Å²) in [7, 11) is 0. The minimum atomic E-state index is -0.0416. The second-order valence-electron chi connectivity index (χ2n) is 5.62. The first kappa shape index (κ1) is 16.2. The summed E-state index contributed by atoms with van der Waals surface area (Å²) in [5, 5.41) is 20.5. The van der Waals surface area contributed by atoms with E-state index >= 15 is 0 Å². The van der Waals surface area contributed by atoms with Gasteiger partial charge in [0.15, 0.2) is 5.82 Å². The quantitative estimate of drug-likeness (QED) is 0.497. The molecule has 0 amide bonds. The normalized spacial score (nSPS) is 17.8. The number of aryl methyl sites for hydroxylation is 1. The number of hydrogen-bond donors (Lipinski definition) is 2. The Morgan fingerprint density at radius 2 is 2.27 bits per heavy atom. The van der Waals surface area contributed by atoms with Crippen LogP contribution in [0.4, 0.5) is 0 Å². The van der Waals surface area contributed by atoms with E-state index in [1.165, 1.54) is 6.34 Å². The Labute approximate surface area is 132 Å². The van der Waals surface area contributed by atoms with E-state index in [1.54, 1.807) is 6.08 Å². The molecule has 1 saturated heterocycles. The molecule has 0 aliphatic carbocycles. The molecule has 2 rings (SSSR count). The maximum atomic E-state index is 9.30. The van der Waals surface area contributed by atoms with E-state index < -0.39 is 0 Å².